The number of para-hydroxylation sites is 1. The molecule has 3 aromatic carbocycles. The van der Waals surface area contributed by atoms with Crippen LogP contribution in [-0.2, 0) is 10.0 Å². The van der Waals surface area contributed by atoms with Crippen molar-refractivity contribution >= 4 is 21.6 Å². The van der Waals surface area contributed by atoms with E-state index in [1.54, 1.807) is 37.3 Å². The van der Waals surface area contributed by atoms with Gasteiger partial charge in [0.25, 0.3) is 15.9 Å². The SMILES string of the molecule is Cc1ccccc1NS(=O)(=O)c1ccc(C(=O)NC(C#N)c2ccccc2F)cc1. The topological polar surface area (TPSA) is 99.1 Å². The number of halogens is 1. The van der Waals surface area contributed by atoms with E-state index < -0.39 is 27.8 Å². The van der Waals surface area contributed by atoms with Crippen LogP contribution in [0.3, 0.4) is 0 Å². The van der Waals surface area contributed by atoms with E-state index in [-0.39, 0.29) is 16.0 Å². The maximum absolute atomic E-state index is 13.9. The molecule has 3 aromatic rings. The van der Waals surface area contributed by atoms with Gasteiger partial charge in [0.15, 0.2) is 0 Å². The van der Waals surface area contributed by atoms with Crippen LogP contribution >= 0.6 is 0 Å². The third kappa shape index (κ3) is 4.64. The highest BCUT2D eigenvalue weighted by molar-refractivity contribution is 7.92. The molecular weight excluding hydrogens is 405 g/mol. The van der Waals surface area contributed by atoms with Gasteiger partial charge in [-0.25, -0.2) is 12.8 Å². The van der Waals surface area contributed by atoms with Crippen molar-refractivity contribution in [2.24, 2.45) is 0 Å². The summed E-state index contributed by atoms with van der Waals surface area (Å²) in [6, 6.07) is 18.5. The molecule has 0 bridgehead atoms. The molecule has 0 saturated carbocycles. The van der Waals surface area contributed by atoms with Crippen molar-refractivity contribution in [1.82, 2.24) is 5.32 Å². The summed E-state index contributed by atoms with van der Waals surface area (Å²) >= 11 is 0. The third-order valence-corrected chi connectivity index (χ3v) is 5.82. The molecule has 0 aromatic heterocycles. The number of nitrogens with one attached hydrogen (secondary N) is 2. The number of hydrogen-bond donors (Lipinski definition) is 2. The third-order valence-electron chi connectivity index (χ3n) is 4.44. The first-order valence-corrected chi connectivity index (χ1v) is 10.4. The number of anilines is 1. The number of carbonyl (C=O) groups is 1. The van der Waals surface area contributed by atoms with Crippen molar-refractivity contribution < 1.29 is 17.6 Å². The summed E-state index contributed by atoms with van der Waals surface area (Å²) in [5, 5.41) is 11.7. The molecule has 1 unspecified atom stereocenters. The van der Waals surface area contributed by atoms with Crippen molar-refractivity contribution in [3.05, 3.63) is 95.3 Å². The molecule has 8 heteroatoms. The number of amides is 1. The van der Waals surface area contributed by atoms with Gasteiger partial charge in [-0.3, -0.25) is 9.52 Å². The Hall–Kier alpha value is -3.70. The number of sulfonamides is 1. The molecule has 30 heavy (non-hydrogen) atoms. The van der Waals surface area contributed by atoms with Crippen LogP contribution in [0.1, 0.15) is 27.5 Å². The fraction of sp³-hybridized carbons (Fsp3) is 0.0909. The van der Waals surface area contributed by atoms with Crippen LogP contribution in [-0.4, -0.2) is 14.3 Å². The Bertz CT molecular complexity index is 1220. The summed E-state index contributed by atoms with van der Waals surface area (Å²) in [7, 11) is -3.84. The largest absolute Gasteiger partial charge is 0.332 e. The van der Waals surface area contributed by atoms with Gasteiger partial charge in [0, 0.05) is 11.1 Å². The van der Waals surface area contributed by atoms with Gasteiger partial charge in [0.05, 0.1) is 16.7 Å². The zero-order valence-corrected chi connectivity index (χ0v) is 16.8. The smallest absolute Gasteiger partial charge is 0.261 e. The lowest BCUT2D eigenvalue weighted by Gasteiger charge is -2.13. The Kier molecular flexibility index (Phi) is 6.14. The zero-order valence-electron chi connectivity index (χ0n) is 16.0. The normalized spacial score (nSPS) is 11.9. The predicted octanol–water partition coefficient (Wildman–Crippen LogP) is 3.93. The Labute approximate surface area is 174 Å². The second-order valence-corrected chi connectivity index (χ2v) is 8.18. The Morgan fingerprint density at radius 1 is 1.00 bits per heavy atom. The molecule has 0 aliphatic carbocycles. The molecule has 0 saturated heterocycles. The van der Waals surface area contributed by atoms with Crippen LogP contribution in [0.5, 0.6) is 0 Å². The first-order valence-electron chi connectivity index (χ1n) is 8.95. The molecule has 6 nitrogen and oxygen atoms in total. The van der Waals surface area contributed by atoms with Gasteiger partial charge in [-0.2, -0.15) is 5.26 Å². The molecule has 1 atom stereocenters. The van der Waals surface area contributed by atoms with Crippen molar-refractivity contribution in [2.75, 3.05) is 4.72 Å². The molecule has 0 heterocycles. The van der Waals surface area contributed by atoms with Gasteiger partial charge in [0.1, 0.15) is 11.9 Å². The number of aryl methyl sites for hydroxylation is 1. The number of rotatable bonds is 6. The van der Waals surface area contributed by atoms with Crippen LogP contribution in [0.15, 0.2) is 77.7 Å². The quantitative estimate of drug-likeness (QED) is 0.627. The van der Waals surface area contributed by atoms with Crippen LogP contribution < -0.4 is 10.0 Å². The first kappa shape index (κ1) is 21.0. The lowest BCUT2D eigenvalue weighted by atomic mass is 10.1. The Morgan fingerprint density at radius 2 is 1.63 bits per heavy atom. The van der Waals surface area contributed by atoms with E-state index in [9.17, 15) is 22.9 Å². The van der Waals surface area contributed by atoms with Gasteiger partial charge in [-0.1, -0.05) is 36.4 Å². The molecule has 2 N–H and O–H groups in total. The maximum Gasteiger partial charge on any atom is 0.261 e. The zero-order chi connectivity index (χ0) is 21.7. The summed E-state index contributed by atoms with van der Waals surface area (Å²) < 4.78 is 41.6. The molecule has 0 aliphatic heterocycles. The highest BCUT2D eigenvalue weighted by Gasteiger charge is 2.20. The molecule has 0 fully saturated rings. The summed E-state index contributed by atoms with van der Waals surface area (Å²) in [4.78, 5) is 12.4. The molecule has 0 aliphatic rings. The van der Waals surface area contributed by atoms with Gasteiger partial charge in [-0.15, -0.1) is 0 Å². The van der Waals surface area contributed by atoms with Crippen molar-refractivity contribution in [3.8, 4) is 6.07 Å². The Balaban J connectivity index is 1.76. The van der Waals surface area contributed by atoms with Gasteiger partial charge in [-0.05, 0) is 48.9 Å². The molecule has 152 valence electrons. The van der Waals surface area contributed by atoms with Gasteiger partial charge >= 0.3 is 0 Å². The summed E-state index contributed by atoms with van der Waals surface area (Å²) in [6.07, 6.45) is 0. The van der Waals surface area contributed by atoms with E-state index in [0.29, 0.717) is 5.69 Å². The second-order valence-electron chi connectivity index (χ2n) is 6.50. The molecule has 3 rings (SSSR count). The molecule has 0 spiro atoms. The first-order chi connectivity index (χ1) is 14.3. The van der Waals surface area contributed by atoms with E-state index in [4.69, 9.17) is 0 Å². The average molecular weight is 423 g/mol. The van der Waals surface area contributed by atoms with Crippen molar-refractivity contribution in [3.63, 3.8) is 0 Å². The van der Waals surface area contributed by atoms with E-state index in [0.717, 1.165) is 5.56 Å². The number of nitriles is 1. The van der Waals surface area contributed by atoms with E-state index >= 15 is 0 Å². The minimum atomic E-state index is -3.84. The van der Waals surface area contributed by atoms with Gasteiger partial charge in [0.2, 0.25) is 0 Å². The highest BCUT2D eigenvalue weighted by atomic mass is 32.2. The van der Waals surface area contributed by atoms with E-state index in [1.165, 1.54) is 42.5 Å². The number of hydrogen-bond acceptors (Lipinski definition) is 4. The van der Waals surface area contributed by atoms with E-state index in [1.807, 2.05) is 6.07 Å². The maximum atomic E-state index is 13.9. The van der Waals surface area contributed by atoms with Crippen molar-refractivity contribution in [2.45, 2.75) is 17.9 Å². The van der Waals surface area contributed by atoms with Crippen molar-refractivity contribution in [1.29, 1.82) is 5.26 Å². The lowest BCUT2D eigenvalue weighted by molar-refractivity contribution is 0.0944. The number of nitrogens with zero attached hydrogens (tertiary/aromatic N) is 1. The standard InChI is InChI=1S/C22H18FN3O3S/c1-15-6-2-5-9-20(15)26-30(28,29)17-12-10-16(11-13-17)22(27)25-21(14-24)18-7-3-4-8-19(18)23/h2-13,21,26H,1H3,(H,25,27). The highest BCUT2D eigenvalue weighted by Crippen LogP contribution is 2.20. The summed E-state index contributed by atoms with van der Waals surface area (Å²) in [5.74, 6) is -1.23. The number of benzene rings is 3. The molecule has 0 radical (unpaired) electrons. The van der Waals surface area contributed by atoms with Crippen LogP contribution in [0.25, 0.3) is 0 Å². The summed E-state index contributed by atoms with van der Waals surface area (Å²) in [5.41, 5.74) is 1.42. The fourth-order valence-electron chi connectivity index (χ4n) is 2.78. The second kappa shape index (κ2) is 8.76. The monoisotopic (exact) mass is 423 g/mol. The number of carbonyl (C=O) groups excluding carboxylic acids is 1. The van der Waals surface area contributed by atoms with E-state index in [2.05, 4.69) is 10.0 Å². The van der Waals surface area contributed by atoms with Crippen LogP contribution in [0, 0.1) is 24.1 Å². The minimum absolute atomic E-state index is 0.0201. The molecule has 1 amide bonds. The van der Waals surface area contributed by atoms with Crippen LogP contribution in [0.2, 0.25) is 0 Å². The lowest BCUT2D eigenvalue weighted by Crippen LogP contribution is -2.28. The minimum Gasteiger partial charge on any atom is -0.332 e. The van der Waals surface area contributed by atoms with Crippen LogP contribution in [0.4, 0.5) is 10.1 Å². The average Bonchev–Trinajstić information content (AvgIpc) is 2.74. The fourth-order valence-corrected chi connectivity index (χ4v) is 3.91. The van der Waals surface area contributed by atoms with Gasteiger partial charge < -0.3 is 5.32 Å². The molecular formula is C22H18FN3O3S. The Morgan fingerprint density at radius 3 is 2.27 bits per heavy atom. The summed E-state index contributed by atoms with van der Waals surface area (Å²) in [6.45, 7) is 1.78. The predicted molar refractivity (Wildman–Crippen MR) is 111 cm³/mol.